The van der Waals surface area contributed by atoms with Gasteiger partial charge >= 0.3 is 6.18 Å². The summed E-state index contributed by atoms with van der Waals surface area (Å²) in [6.45, 7) is 1.13. The van der Waals surface area contributed by atoms with Crippen molar-refractivity contribution < 1.29 is 23.4 Å². The topological polar surface area (TPSA) is 43.7 Å². The van der Waals surface area contributed by atoms with Crippen molar-refractivity contribution in [3.8, 4) is 11.5 Å². The molecule has 1 aliphatic rings. The van der Waals surface area contributed by atoms with Gasteiger partial charge in [0.15, 0.2) is 11.5 Å². The van der Waals surface area contributed by atoms with Gasteiger partial charge in [-0.25, -0.2) is 0 Å². The van der Waals surface area contributed by atoms with Crippen molar-refractivity contribution in [2.24, 2.45) is 0 Å². The highest BCUT2D eigenvalue weighted by Crippen LogP contribution is 2.44. The van der Waals surface area contributed by atoms with E-state index in [9.17, 15) is 23.4 Å². The maximum Gasteiger partial charge on any atom is 0.416 e. The number of hydrogen-bond acceptors (Lipinski definition) is 3. The van der Waals surface area contributed by atoms with E-state index in [-0.39, 0.29) is 10.8 Å². The Morgan fingerprint density at radius 3 is 2.60 bits per heavy atom. The number of benzene rings is 2. The highest BCUT2D eigenvalue weighted by Gasteiger charge is 2.32. The smallest absolute Gasteiger partial charge is 0.416 e. The first kappa shape index (κ1) is 17.9. The van der Waals surface area contributed by atoms with Crippen LogP contribution in [0.1, 0.15) is 28.2 Å². The maximum atomic E-state index is 13.1. The number of phenols is 2. The number of fused-ring (bicyclic) bond motifs is 1. The number of aromatic hydroxyl groups is 2. The lowest BCUT2D eigenvalue weighted by Crippen LogP contribution is -2.24. The van der Waals surface area contributed by atoms with E-state index in [1.807, 2.05) is 11.9 Å². The van der Waals surface area contributed by atoms with E-state index in [2.05, 4.69) is 0 Å². The number of halogens is 4. The quantitative estimate of drug-likeness (QED) is 0.731. The van der Waals surface area contributed by atoms with Gasteiger partial charge in [0, 0.05) is 19.0 Å². The van der Waals surface area contributed by atoms with Crippen molar-refractivity contribution >= 4 is 11.6 Å². The van der Waals surface area contributed by atoms with Crippen LogP contribution in [0.5, 0.6) is 11.5 Å². The van der Waals surface area contributed by atoms with Crippen LogP contribution in [0.4, 0.5) is 13.2 Å². The molecule has 1 heterocycles. The number of alkyl halides is 3. The third kappa shape index (κ3) is 3.41. The van der Waals surface area contributed by atoms with Gasteiger partial charge in [0.2, 0.25) is 0 Å². The largest absolute Gasteiger partial charge is 0.504 e. The molecule has 1 unspecified atom stereocenters. The van der Waals surface area contributed by atoms with Crippen LogP contribution in [0.3, 0.4) is 0 Å². The lowest BCUT2D eigenvalue weighted by atomic mass is 9.87. The monoisotopic (exact) mass is 371 g/mol. The molecule has 134 valence electrons. The van der Waals surface area contributed by atoms with Crippen LogP contribution in [-0.4, -0.2) is 35.3 Å². The first-order valence-corrected chi connectivity index (χ1v) is 8.15. The molecular weight excluding hydrogens is 355 g/mol. The molecule has 7 heteroatoms. The van der Waals surface area contributed by atoms with Crippen molar-refractivity contribution in [2.75, 3.05) is 20.1 Å². The molecule has 0 radical (unpaired) electrons. The summed E-state index contributed by atoms with van der Waals surface area (Å²) in [6.07, 6.45) is -3.89. The first-order chi connectivity index (χ1) is 11.7. The summed E-state index contributed by atoms with van der Waals surface area (Å²) in [5, 5.41) is 19.9. The molecule has 0 saturated carbocycles. The van der Waals surface area contributed by atoms with Gasteiger partial charge in [-0.15, -0.1) is 0 Å². The summed E-state index contributed by atoms with van der Waals surface area (Å²) in [4.78, 5) is 2.00. The lowest BCUT2D eigenvalue weighted by Gasteiger charge is -2.23. The number of likely N-dealkylation sites (N-methyl/N-ethyl adjacent to an activating group) is 1. The predicted molar refractivity (Wildman–Crippen MR) is 89.3 cm³/mol. The average molecular weight is 372 g/mol. The molecule has 0 saturated heterocycles. The fourth-order valence-electron chi connectivity index (χ4n) is 3.27. The van der Waals surface area contributed by atoms with E-state index in [0.29, 0.717) is 36.2 Å². The summed E-state index contributed by atoms with van der Waals surface area (Å²) >= 11 is 6.18. The van der Waals surface area contributed by atoms with E-state index >= 15 is 0 Å². The molecule has 0 amide bonds. The van der Waals surface area contributed by atoms with Crippen LogP contribution in [0, 0.1) is 0 Å². The molecule has 0 bridgehead atoms. The van der Waals surface area contributed by atoms with Crippen LogP contribution in [0.2, 0.25) is 5.02 Å². The Kier molecular flexibility index (Phi) is 4.60. The maximum absolute atomic E-state index is 13.1. The molecule has 1 atom stereocenters. The van der Waals surface area contributed by atoms with Crippen LogP contribution in [0.15, 0.2) is 30.3 Å². The highest BCUT2D eigenvalue weighted by molar-refractivity contribution is 6.33. The third-order valence-electron chi connectivity index (χ3n) is 4.59. The summed E-state index contributed by atoms with van der Waals surface area (Å²) in [6, 6.07) is 6.59. The third-order valence-corrected chi connectivity index (χ3v) is 4.99. The molecule has 0 aliphatic carbocycles. The molecule has 2 N–H and O–H groups in total. The van der Waals surface area contributed by atoms with Gasteiger partial charge in [-0.1, -0.05) is 29.8 Å². The normalized spacial score (nSPS) is 18.7. The number of phenolic OH excluding ortho intramolecular Hbond substituents is 2. The second-order valence-electron chi connectivity index (χ2n) is 6.31. The number of rotatable bonds is 1. The van der Waals surface area contributed by atoms with Crippen molar-refractivity contribution in [3.63, 3.8) is 0 Å². The van der Waals surface area contributed by atoms with Gasteiger partial charge in [-0.05, 0) is 42.3 Å². The average Bonchev–Trinajstić information content (AvgIpc) is 2.71. The minimum absolute atomic E-state index is 0.0577. The van der Waals surface area contributed by atoms with E-state index in [4.69, 9.17) is 11.6 Å². The summed E-state index contributed by atoms with van der Waals surface area (Å²) in [7, 11) is 1.88. The molecule has 0 spiro atoms. The molecule has 2 aromatic carbocycles. The van der Waals surface area contributed by atoms with Gasteiger partial charge in [0.25, 0.3) is 0 Å². The van der Waals surface area contributed by atoms with Crippen LogP contribution in [0.25, 0.3) is 0 Å². The zero-order valence-electron chi connectivity index (χ0n) is 13.4. The minimum atomic E-state index is -4.43. The summed E-state index contributed by atoms with van der Waals surface area (Å²) in [5.74, 6) is -1.16. The molecule has 0 aromatic heterocycles. The number of hydrogen-bond donors (Lipinski definition) is 2. The Labute approximate surface area is 148 Å². The SMILES string of the molecule is CN1CCc2c(cc(O)c(O)c2Cl)C(c2cccc(C(F)(F)F)c2)C1. The molecule has 3 nitrogen and oxygen atoms in total. The Morgan fingerprint density at radius 2 is 1.92 bits per heavy atom. The summed E-state index contributed by atoms with van der Waals surface area (Å²) in [5.41, 5.74) is 1.08. The van der Waals surface area contributed by atoms with Gasteiger partial charge in [0.1, 0.15) is 0 Å². The fourth-order valence-corrected chi connectivity index (χ4v) is 3.57. The van der Waals surface area contributed by atoms with Crippen molar-refractivity contribution in [1.82, 2.24) is 4.90 Å². The second kappa shape index (κ2) is 6.42. The molecule has 25 heavy (non-hydrogen) atoms. The van der Waals surface area contributed by atoms with Crippen LogP contribution >= 0.6 is 11.6 Å². The number of nitrogens with zero attached hydrogens (tertiary/aromatic N) is 1. The Bertz CT molecular complexity index is 808. The van der Waals surface area contributed by atoms with Crippen molar-refractivity contribution in [3.05, 3.63) is 57.6 Å². The van der Waals surface area contributed by atoms with Crippen LogP contribution in [-0.2, 0) is 12.6 Å². The minimum Gasteiger partial charge on any atom is -0.504 e. The van der Waals surface area contributed by atoms with Gasteiger partial charge < -0.3 is 15.1 Å². The lowest BCUT2D eigenvalue weighted by molar-refractivity contribution is -0.137. The van der Waals surface area contributed by atoms with Crippen LogP contribution < -0.4 is 0 Å². The Balaban J connectivity index is 2.17. The molecular formula is C18H17ClF3NO2. The second-order valence-corrected chi connectivity index (χ2v) is 6.69. The summed E-state index contributed by atoms with van der Waals surface area (Å²) < 4.78 is 39.2. The van der Waals surface area contributed by atoms with Crippen molar-refractivity contribution in [1.29, 1.82) is 0 Å². The molecule has 1 aliphatic heterocycles. The Morgan fingerprint density at radius 1 is 1.20 bits per heavy atom. The fraction of sp³-hybridized carbons (Fsp3) is 0.333. The molecule has 0 fully saturated rings. The van der Waals surface area contributed by atoms with E-state index < -0.39 is 23.4 Å². The van der Waals surface area contributed by atoms with Gasteiger partial charge in [0.05, 0.1) is 10.6 Å². The van der Waals surface area contributed by atoms with Gasteiger partial charge in [-0.2, -0.15) is 13.2 Å². The zero-order chi connectivity index (χ0) is 18.4. The van der Waals surface area contributed by atoms with Gasteiger partial charge in [-0.3, -0.25) is 0 Å². The van der Waals surface area contributed by atoms with E-state index in [0.717, 1.165) is 12.1 Å². The van der Waals surface area contributed by atoms with E-state index in [1.165, 1.54) is 12.1 Å². The highest BCUT2D eigenvalue weighted by atomic mass is 35.5. The predicted octanol–water partition coefficient (Wildman–Crippen LogP) is 4.39. The van der Waals surface area contributed by atoms with Crippen molar-refractivity contribution in [2.45, 2.75) is 18.5 Å². The van der Waals surface area contributed by atoms with E-state index in [1.54, 1.807) is 6.07 Å². The Hall–Kier alpha value is -1.92. The zero-order valence-corrected chi connectivity index (χ0v) is 14.2. The standard InChI is InChI=1S/C18H17ClF3NO2/c1-23-6-5-12-13(8-15(24)17(25)16(12)19)14(9-23)10-3-2-4-11(7-10)18(20,21)22/h2-4,7-8,14,24-25H,5-6,9H2,1H3. The molecule has 2 aromatic rings. The first-order valence-electron chi connectivity index (χ1n) is 7.77. The molecule has 3 rings (SSSR count).